The Balaban J connectivity index is 1.31. The second-order valence-electron chi connectivity index (χ2n) is 9.42. The van der Waals surface area contributed by atoms with Crippen molar-refractivity contribution in [1.29, 1.82) is 0 Å². The fraction of sp³-hybridized carbons (Fsp3) is 0.481. The molecule has 1 N–H and O–H groups in total. The molecular weight excluding hydrogens is 513 g/mol. The first-order chi connectivity index (χ1) is 18.6. The van der Waals surface area contributed by atoms with Crippen molar-refractivity contribution in [3.8, 4) is 11.5 Å². The zero-order valence-electron chi connectivity index (χ0n) is 21.5. The zero-order chi connectivity index (χ0) is 26.3. The van der Waals surface area contributed by atoms with Crippen LogP contribution in [0.2, 0.25) is 5.02 Å². The van der Waals surface area contributed by atoms with E-state index in [-0.39, 0.29) is 11.1 Å². The third-order valence-corrected chi connectivity index (χ3v) is 7.08. The highest BCUT2D eigenvalue weighted by atomic mass is 35.5. The van der Waals surface area contributed by atoms with Gasteiger partial charge >= 0.3 is 0 Å². The van der Waals surface area contributed by atoms with Crippen LogP contribution in [0.25, 0.3) is 10.9 Å². The highest BCUT2D eigenvalue weighted by molar-refractivity contribution is 6.31. The topological polar surface area (TPSA) is 81.2 Å². The smallest absolute Gasteiger partial charge is 0.145 e. The Hall–Kier alpha value is -2.76. The van der Waals surface area contributed by atoms with Crippen molar-refractivity contribution in [2.45, 2.75) is 12.5 Å². The first-order valence-electron chi connectivity index (χ1n) is 12.9. The minimum absolute atomic E-state index is 0.0278. The molecule has 9 nitrogen and oxygen atoms in total. The third kappa shape index (κ3) is 6.81. The minimum Gasteiger partial charge on any atom is -0.492 e. The average Bonchev–Trinajstić information content (AvgIpc) is 3.43. The van der Waals surface area contributed by atoms with Crippen LogP contribution in [-0.2, 0) is 9.47 Å². The summed E-state index contributed by atoms with van der Waals surface area (Å²) in [6, 6.07) is 8.21. The van der Waals surface area contributed by atoms with E-state index in [1.807, 2.05) is 12.1 Å². The van der Waals surface area contributed by atoms with Gasteiger partial charge in [-0.15, -0.1) is 0 Å². The molecule has 2 aromatic carbocycles. The normalized spacial score (nSPS) is 18.7. The maximum atomic E-state index is 13.7. The van der Waals surface area contributed by atoms with Gasteiger partial charge in [-0.3, -0.25) is 9.80 Å². The molecule has 11 heteroatoms. The SMILES string of the molecule is COCCN1CCN(CCOc2cc(OC3CCOC3)c3c(Nc4ccc(F)c(Cl)c4)ncnc3c2)CC1. The molecule has 204 valence electrons. The number of benzene rings is 2. The Labute approximate surface area is 226 Å². The minimum atomic E-state index is -0.482. The third-order valence-electron chi connectivity index (χ3n) is 6.79. The lowest BCUT2D eigenvalue weighted by Crippen LogP contribution is -2.48. The number of anilines is 2. The molecule has 2 saturated heterocycles. The number of piperazine rings is 1. The second kappa shape index (κ2) is 12.9. The van der Waals surface area contributed by atoms with Crippen LogP contribution < -0.4 is 14.8 Å². The number of hydrogen-bond donors (Lipinski definition) is 1. The Bertz CT molecular complexity index is 1220. The van der Waals surface area contributed by atoms with Crippen LogP contribution >= 0.6 is 11.6 Å². The predicted molar refractivity (Wildman–Crippen MR) is 144 cm³/mol. The average molecular weight is 546 g/mol. The van der Waals surface area contributed by atoms with Gasteiger partial charge in [0.25, 0.3) is 0 Å². The first kappa shape index (κ1) is 26.8. The number of hydrogen-bond acceptors (Lipinski definition) is 9. The maximum absolute atomic E-state index is 13.7. The Morgan fingerprint density at radius 3 is 2.58 bits per heavy atom. The Morgan fingerprint density at radius 2 is 1.87 bits per heavy atom. The van der Waals surface area contributed by atoms with Gasteiger partial charge in [0.1, 0.15) is 42.2 Å². The number of aromatic nitrogens is 2. The standard InChI is InChI=1S/C27H33ClFN5O4/c1-35-12-9-33-5-7-34(8-6-33)10-13-37-21-15-24-26(25(16-21)38-20-4-11-36-17-20)27(31-18-30-24)32-19-2-3-23(29)22(28)14-19/h2-3,14-16,18,20H,4-13,17H2,1H3,(H,30,31,32). The number of nitrogens with one attached hydrogen (secondary N) is 1. The van der Waals surface area contributed by atoms with Crippen molar-refractivity contribution in [2.24, 2.45) is 0 Å². The molecule has 0 amide bonds. The summed E-state index contributed by atoms with van der Waals surface area (Å²) < 4.78 is 36.9. The van der Waals surface area contributed by atoms with Crippen molar-refractivity contribution in [2.75, 3.05) is 78.1 Å². The van der Waals surface area contributed by atoms with Gasteiger partial charge in [0, 0.05) is 70.6 Å². The number of rotatable bonds is 11. The van der Waals surface area contributed by atoms with E-state index in [1.54, 1.807) is 13.2 Å². The fourth-order valence-electron chi connectivity index (χ4n) is 4.65. The highest BCUT2D eigenvalue weighted by Crippen LogP contribution is 2.37. The number of methoxy groups -OCH3 is 1. The summed E-state index contributed by atoms with van der Waals surface area (Å²) in [5.74, 6) is 1.34. The van der Waals surface area contributed by atoms with E-state index >= 15 is 0 Å². The molecule has 0 radical (unpaired) electrons. The molecule has 1 unspecified atom stereocenters. The van der Waals surface area contributed by atoms with Crippen LogP contribution in [0.5, 0.6) is 11.5 Å². The molecule has 3 heterocycles. The lowest BCUT2D eigenvalue weighted by molar-refractivity contribution is 0.0893. The summed E-state index contributed by atoms with van der Waals surface area (Å²) in [4.78, 5) is 13.8. The maximum Gasteiger partial charge on any atom is 0.145 e. The summed E-state index contributed by atoms with van der Waals surface area (Å²) in [6.07, 6.45) is 2.20. The van der Waals surface area contributed by atoms with Crippen LogP contribution in [0.4, 0.5) is 15.9 Å². The van der Waals surface area contributed by atoms with E-state index in [1.165, 1.54) is 18.5 Å². The van der Waals surface area contributed by atoms with Crippen LogP contribution in [0.1, 0.15) is 6.42 Å². The molecule has 1 atom stereocenters. The van der Waals surface area contributed by atoms with Crippen molar-refractivity contribution in [3.63, 3.8) is 0 Å². The van der Waals surface area contributed by atoms with Crippen molar-refractivity contribution in [1.82, 2.24) is 19.8 Å². The summed E-state index contributed by atoms with van der Waals surface area (Å²) in [7, 11) is 1.74. The molecule has 2 aliphatic rings. The summed E-state index contributed by atoms with van der Waals surface area (Å²) in [6.45, 7) is 8.40. The van der Waals surface area contributed by atoms with Crippen LogP contribution in [0.15, 0.2) is 36.7 Å². The van der Waals surface area contributed by atoms with Crippen molar-refractivity contribution >= 4 is 34.0 Å². The van der Waals surface area contributed by atoms with Gasteiger partial charge in [-0.25, -0.2) is 14.4 Å². The van der Waals surface area contributed by atoms with Gasteiger partial charge in [0.2, 0.25) is 0 Å². The number of fused-ring (bicyclic) bond motifs is 1. The monoisotopic (exact) mass is 545 g/mol. The molecule has 3 aromatic rings. The molecule has 0 aliphatic carbocycles. The molecule has 1 aromatic heterocycles. The van der Waals surface area contributed by atoms with E-state index < -0.39 is 5.82 Å². The lowest BCUT2D eigenvalue weighted by atomic mass is 10.2. The molecule has 2 fully saturated rings. The molecule has 0 bridgehead atoms. The van der Waals surface area contributed by atoms with E-state index in [4.69, 9.17) is 30.5 Å². The molecule has 38 heavy (non-hydrogen) atoms. The van der Waals surface area contributed by atoms with Crippen LogP contribution in [0, 0.1) is 5.82 Å². The van der Waals surface area contributed by atoms with Crippen LogP contribution in [0.3, 0.4) is 0 Å². The van der Waals surface area contributed by atoms with Crippen LogP contribution in [-0.4, -0.2) is 98.7 Å². The van der Waals surface area contributed by atoms with Gasteiger partial charge < -0.3 is 24.3 Å². The summed E-state index contributed by atoms with van der Waals surface area (Å²) >= 11 is 5.98. The van der Waals surface area contributed by atoms with E-state index in [0.29, 0.717) is 53.7 Å². The highest BCUT2D eigenvalue weighted by Gasteiger charge is 2.22. The van der Waals surface area contributed by atoms with Gasteiger partial charge in [0.05, 0.1) is 35.7 Å². The number of halogens is 2. The molecule has 5 rings (SSSR count). The lowest BCUT2D eigenvalue weighted by Gasteiger charge is -2.34. The summed E-state index contributed by atoms with van der Waals surface area (Å²) in [5.41, 5.74) is 1.28. The molecule has 0 saturated carbocycles. The molecule has 0 spiro atoms. The largest absolute Gasteiger partial charge is 0.492 e. The number of nitrogens with zero attached hydrogens (tertiary/aromatic N) is 4. The van der Waals surface area contributed by atoms with Gasteiger partial charge in [-0.1, -0.05) is 11.6 Å². The first-order valence-corrected chi connectivity index (χ1v) is 13.3. The van der Waals surface area contributed by atoms with Crippen molar-refractivity contribution in [3.05, 3.63) is 47.5 Å². The van der Waals surface area contributed by atoms with E-state index in [9.17, 15) is 4.39 Å². The van der Waals surface area contributed by atoms with Gasteiger partial charge in [-0.2, -0.15) is 0 Å². The van der Waals surface area contributed by atoms with Crippen molar-refractivity contribution < 1.29 is 23.3 Å². The summed E-state index contributed by atoms with van der Waals surface area (Å²) in [5, 5.41) is 3.96. The Morgan fingerprint density at radius 1 is 1.08 bits per heavy atom. The molecular formula is C27H33ClFN5O4. The second-order valence-corrected chi connectivity index (χ2v) is 9.83. The Kier molecular flexibility index (Phi) is 9.08. The predicted octanol–water partition coefficient (Wildman–Crippen LogP) is 3.98. The van der Waals surface area contributed by atoms with E-state index in [0.717, 1.165) is 52.3 Å². The van der Waals surface area contributed by atoms with E-state index in [2.05, 4.69) is 25.1 Å². The van der Waals surface area contributed by atoms with Gasteiger partial charge in [0.15, 0.2) is 0 Å². The quantitative estimate of drug-likeness (QED) is 0.385. The van der Waals surface area contributed by atoms with Gasteiger partial charge in [-0.05, 0) is 18.2 Å². The number of ether oxygens (including phenoxy) is 4. The fourth-order valence-corrected chi connectivity index (χ4v) is 4.83. The zero-order valence-corrected chi connectivity index (χ0v) is 22.3. The molecule has 2 aliphatic heterocycles.